The van der Waals surface area contributed by atoms with Crippen molar-refractivity contribution in [3.8, 4) is 0 Å². The summed E-state index contributed by atoms with van der Waals surface area (Å²) < 4.78 is 29.1. The van der Waals surface area contributed by atoms with Gasteiger partial charge in [-0.15, -0.1) is 0 Å². The molecule has 0 aliphatic carbocycles. The van der Waals surface area contributed by atoms with E-state index in [4.69, 9.17) is 11.6 Å². The molecule has 3 aromatic rings. The molecule has 0 aliphatic heterocycles. The van der Waals surface area contributed by atoms with Crippen LogP contribution in [0.3, 0.4) is 0 Å². The SMILES string of the molecule is Cc1cc(C)c(C)c(S(=O)(=O)Nc2ccccc2C(=O)Nc2ccc(Cl)cc2)c1C. The number of nitrogens with one attached hydrogen (secondary N) is 2. The number of hydrogen-bond acceptors (Lipinski definition) is 3. The maximum absolute atomic E-state index is 13.3. The molecule has 7 heteroatoms. The summed E-state index contributed by atoms with van der Waals surface area (Å²) in [5, 5.41) is 3.32. The van der Waals surface area contributed by atoms with Gasteiger partial charge in [0, 0.05) is 10.7 Å². The van der Waals surface area contributed by atoms with E-state index in [-0.39, 0.29) is 16.1 Å². The van der Waals surface area contributed by atoms with E-state index in [0.717, 1.165) is 11.1 Å². The van der Waals surface area contributed by atoms with Crippen molar-refractivity contribution in [2.45, 2.75) is 32.6 Å². The van der Waals surface area contributed by atoms with E-state index < -0.39 is 15.9 Å². The number of aryl methyl sites for hydroxylation is 2. The fourth-order valence-electron chi connectivity index (χ4n) is 3.28. The van der Waals surface area contributed by atoms with Crippen LogP contribution in [0.15, 0.2) is 59.5 Å². The number of rotatable bonds is 5. The molecule has 0 aliphatic rings. The van der Waals surface area contributed by atoms with Crippen molar-refractivity contribution >= 4 is 38.9 Å². The number of benzene rings is 3. The fraction of sp³-hybridized carbons (Fsp3) is 0.174. The zero-order valence-electron chi connectivity index (χ0n) is 17.2. The zero-order chi connectivity index (χ0) is 22.1. The molecule has 0 unspecified atom stereocenters. The summed E-state index contributed by atoms with van der Waals surface area (Å²) in [6, 6.07) is 15.2. The van der Waals surface area contributed by atoms with E-state index in [1.807, 2.05) is 19.9 Å². The van der Waals surface area contributed by atoms with Crippen molar-refractivity contribution < 1.29 is 13.2 Å². The maximum Gasteiger partial charge on any atom is 0.262 e. The zero-order valence-corrected chi connectivity index (χ0v) is 18.8. The summed E-state index contributed by atoms with van der Waals surface area (Å²) in [6.45, 7) is 7.34. The number of anilines is 2. The Morgan fingerprint density at radius 3 is 2.03 bits per heavy atom. The number of hydrogen-bond donors (Lipinski definition) is 2. The van der Waals surface area contributed by atoms with Crippen LogP contribution >= 0.6 is 11.6 Å². The largest absolute Gasteiger partial charge is 0.322 e. The van der Waals surface area contributed by atoms with E-state index in [9.17, 15) is 13.2 Å². The van der Waals surface area contributed by atoms with Gasteiger partial charge in [-0.3, -0.25) is 9.52 Å². The van der Waals surface area contributed by atoms with Gasteiger partial charge in [0.1, 0.15) is 0 Å². The van der Waals surface area contributed by atoms with Crippen molar-refractivity contribution in [2.75, 3.05) is 10.0 Å². The van der Waals surface area contributed by atoms with Gasteiger partial charge in [-0.1, -0.05) is 29.8 Å². The van der Waals surface area contributed by atoms with E-state index in [0.29, 0.717) is 21.8 Å². The third-order valence-corrected chi connectivity index (χ3v) is 6.97. The number of halogens is 1. The summed E-state index contributed by atoms with van der Waals surface area (Å²) in [6.07, 6.45) is 0. The van der Waals surface area contributed by atoms with Crippen molar-refractivity contribution in [3.05, 3.63) is 87.4 Å². The van der Waals surface area contributed by atoms with Crippen molar-refractivity contribution in [1.82, 2.24) is 0 Å². The molecule has 3 rings (SSSR count). The molecule has 0 saturated carbocycles. The second-order valence-electron chi connectivity index (χ2n) is 7.20. The molecular weight excluding hydrogens is 420 g/mol. The molecule has 3 aromatic carbocycles. The molecule has 156 valence electrons. The van der Waals surface area contributed by atoms with Crippen LogP contribution in [0.5, 0.6) is 0 Å². The summed E-state index contributed by atoms with van der Waals surface area (Å²) in [7, 11) is -3.90. The van der Waals surface area contributed by atoms with Gasteiger partial charge in [-0.05, 0) is 86.3 Å². The predicted octanol–water partition coefficient (Wildman–Crippen LogP) is 5.63. The summed E-state index contributed by atoms with van der Waals surface area (Å²) in [4.78, 5) is 13.0. The van der Waals surface area contributed by atoms with E-state index in [1.54, 1.807) is 62.4 Å². The predicted molar refractivity (Wildman–Crippen MR) is 122 cm³/mol. The highest BCUT2D eigenvalue weighted by Crippen LogP contribution is 2.29. The lowest BCUT2D eigenvalue weighted by Crippen LogP contribution is -2.20. The Morgan fingerprint density at radius 2 is 1.43 bits per heavy atom. The average molecular weight is 443 g/mol. The molecule has 2 N–H and O–H groups in total. The first-order chi connectivity index (χ1) is 14.1. The molecule has 0 aromatic heterocycles. The van der Waals surface area contributed by atoms with E-state index in [1.165, 1.54) is 0 Å². The normalized spacial score (nSPS) is 11.2. The number of carbonyl (C=O) groups excluding carboxylic acids is 1. The Morgan fingerprint density at radius 1 is 0.867 bits per heavy atom. The highest BCUT2D eigenvalue weighted by molar-refractivity contribution is 7.92. The van der Waals surface area contributed by atoms with Gasteiger partial charge in [-0.2, -0.15) is 0 Å². The topological polar surface area (TPSA) is 75.3 Å². The van der Waals surface area contributed by atoms with Crippen molar-refractivity contribution in [2.24, 2.45) is 0 Å². The molecule has 0 heterocycles. The highest BCUT2D eigenvalue weighted by atomic mass is 35.5. The Labute approximate surface area is 182 Å². The van der Waals surface area contributed by atoms with Crippen LogP contribution in [-0.4, -0.2) is 14.3 Å². The van der Waals surface area contributed by atoms with Gasteiger partial charge in [-0.25, -0.2) is 8.42 Å². The molecular formula is C23H23ClN2O3S. The second kappa shape index (κ2) is 8.50. The smallest absolute Gasteiger partial charge is 0.262 e. The Balaban J connectivity index is 1.97. The van der Waals surface area contributed by atoms with Gasteiger partial charge in [0.05, 0.1) is 16.1 Å². The molecule has 0 saturated heterocycles. The Bertz CT molecular complexity index is 1190. The molecule has 0 bridgehead atoms. The molecule has 30 heavy (non-hydrogen) atoms. The Hall–Kier alpha value is -2.83. The van der Waals surface area contributed by atoms with Crippen LogP contribution in [0.1, 0.15) is 32.6 Å². The highest BCUT2D eigenvalue weighted by Gasteiger charge is 2.24. The van der Waals surface area contributed by atoms with Crippen molar-refractivity contribution in [1.29, 1.82) is 0 Å². The Kier molecular flexibility index (Phi) is 6.19. The molecule has 0 radical (unpaired) electrons. The van der Waals surface area contributed by atoms with Gasteiger partial charge < -0.3 is 5.32 Å². The minimum atomic E-state index is -3.90. The van der Waals surface area contributed by atoms with Gasteiger partial charge in [0.2, 0.25) is 0 Å². The summed E-state index contributed by atoms with van der Waals surface area (Å²) >= 11 is 5.88. The van der Waals surface area contributed by atoms with Crippen LogP contribution in [0.25, 0.3) is 0 Å². The van der Waals surface area contributed by atoms with Crippen LogP contribution in [0.4, 0.5) is 11.4 Å². The van der Waals surface area contributed by atoms with Crippen molar-refractivity contribution in [3.63, 3.8) is 0 Å². The third-order valence-electron chi connectivity index (χ3n) is 5.08. The van der Waals surface area contributed by atoms with Gasteiger partial charge >= 0.3 is 0 Å². The maximum atomic E-state index is 13.3. The first kappa shape index (κ1) is 21.9. The summed E-state index contributed by atoms with van der Waals surface area (Å²) in [5.41, 5.74) is 4.16. The molecule has 0 spiro atoms. The lowest BCUT2D eigenvalue weighted by atomic mass is 10.0. The van der Waals surface area contributed by atoms with Gasteiger partial charge in [0.25, 0.3) is 15.9 Å². The summed E-state index contributed by atoms with van der Waals surface area (Å²) in [5.74, 6) is -0.426. The third kappa shape index (κ3) is 4.50. The van der Waals surface area contributed by atoms with Crippen LogP contribution in [0.2, 0.25) is 5.02 Å². The van der Waals surface area contributed by atoms with Crippen LogP contribution in [-0.2, 0) is 10.0 Å². The minimum Gasteiger partial charge on any atom is -0.322 e. The first-order valence-electron chi connectivity index (χ1n) is 9.36. The standard InChI is InChI=1S/C23H23ClN2O3S/c1-14-13-15(2)17(4)22(16(14)3)30(28,29)26-21-8-6-5-7-20(21)23(27)25-19-11-9-18(24)10-12-19/h5-13,26H,1-4H3,(H,25,27). The fourth-order valence-corrected chi connectivity index (χ4v) is 5.11. The number of sulfonamides is 1. The molecule has 1 amide bonds. The number of amides is 1. The van der Waals surface area contributed by atoms with E-state index >= 15 is 0 Å². The van der Waals surface area contributed by atoms with Crippen LogP contribution in [0, 0.1) is 27.7 Å². The van der Waals surface area contributed by atoms with Crippen LogP contribution < -0.4 is 10.0 Å². The monoisotopic (exact) mass is 442 g/mol. The quantitative estimate of drug-likeness (QED) is 0.537. The molecule has 0 fully saturated rings. The molecule has 0 atom stereocenters. The average Bonchev–Trinajstić information content (AvgIpc) is 2.68. The van der Waals surface area contributed by atoms with Gasteiger partial charge in [0.15, 0.2) is 0 Å². The number of para-hydroxylation sites is 1. The lowest BCUT2D eigenvalue weighted by Gasteiger charge is -2.18. The number of carbonyl (C=O) groups is 1. The molecule has 5 nitrogen and oxygen atoms in total. The minimum absolute atomic E-state index is 0.210. The van der Waals surface area contributed by atoms with E-state index in [2.05, 4.69) is 10.0 Å². The second-order valence-corrected chi connectivity index (χ2v) is 9.26. The first-order valence-corrected chi connectivity index (χ1v) is 11.2. The lowest BCUT2D eigenvalue weighted by molar-refractivity contribution is 0.102.